The lowest BCUT2D eigenvalue weighted by molar-refractivity contribution is -0.159. The van der Waals surface area contributed by atoms with Gasteiger partial charge >= 0.3 is 17.9 Å². The van der Waals surface area contributed by atoms with E-state index >= 15 is 0 Å². The molecule has 3 N–H and O–H groups in total. The fraction of sp³-hybridized carbons (Fsp3) is 0.571. The van der Waals surface area contributed by atoms with Crippen LogP contribution in [0.5, 0.6) is 0 Å². The maximum atomic E-state index is 9.76. The lowest BCUT2D eigenvalue weighted by Gasteiger charge is -1.85. The Morgan fingerprint density at radius 2 is 1.38 bits per heavy atom. The molecular formula is C7H12O6. The number of hydrogen-bond donors (Lipinski definition) is 3. The average molecular weight is 192 g/mol. The molecule has 0 aromatic rings. The Kier molecular flexibility index (Phi) is 9.14. The van der Waals surface area contributed by atoms with Gasteiger partial charge < -0.3 is 15.3 Å². The first kappa shape index (κ1) is 14.0. The Morgan fingerprint density at radius 3 is 1.46 bits per heavy atom. The summed E-state index contributed by atoms with van der Waals surface area (Å²) in [4.78, 5) is 28.0. The van der Waals surface area contributed by atoms with Crippen molar-refractivity contribution in [1.82, 2.24) is 0 Å². The van der Waals surface area contributed by atoms with Crippen molar-refractivity contribution in [3.63, 3.8) is 0 Å². The molecule has 13 heavy (non-hydrogen) atoms. The van der Waals surface area contributed by atoms with E-state index < -0.39 is 17.9 Å². The smallest absolute Gasteiger partial charge is 0.414 e. The minimum Gasteiger partial charge on any atom is -0.481 e. The minimum atomic E-state index is -1.82. The van der Waals surface area contributed by atoms with Crippen molar-refractivity contribution < 1.29 is 29.7 Å². The summed E-state index contributed by atoms with van der Waals surface area (Å²) in [6.07, 6.45) is 2.08. The molecule has 0 unspecified atom stereocenters. The van der Waals surface area contributed by atoms with Crippen LogP contribution in [0, 0.1) is 0 Å². The maximum absolute atomic E-state index is 9.76. The van der Waals surface area contributed by atoms with Crippen LogP contribution in [-0.4, -0.2) is 33.2 Å². The molecular weight excluding hydrogens is 180 g/mol. The summed E-state index contributed by atoms with van der Waals surface area (Å²) in [7, 11) is 0. The van der Waals surface area contributed by atoms with E-state index in [-0.39, 0.29) is 0 Å². The van der Waals surface area contributed by atoms with E-state index in [0.717, 1.165) is 12.8 Å². The van der Waals surface area contributed by atoms with Gasteiger partial charge in [-0.2, -0.15) is 0 Å². The van der Waals surface area contributed by atoms with Gasteiger partial charge in [0, 0.05) is 6.42 Å². The number of carboxylic acid groups (broad SMARTS) is 3. The SMILES string of the molecule is CCCCC(=O)O.O=C(O)C(=O)O. The molecule has 76 valence electrons. The van der Waals surface area contributed by atoms with Crippen LogP contribution in [0.2, 0.25) is 0 Å². The average Bonchev–Trinajstić information content (AvgIpc) is 2.01. The highest BCUT2D eigenvalue weighted by molar-refractivity contribution is 6.27. The topological polar surface area (TPSA) is 112 Å². The second kappa shape index (κ2) is 8.51. The van der Waals surface area contributed by atoms with Crippen molar-refractivity contribution in [2.24, 2.45) is 0 Å². The third-order valence-electron chi connectivity index (χ3n) is 0.927. The molecule has 0 atom stereocenters. The van der Waals surface area contributed by atoms with Crippen molar-refractivity contribution in [2.75, 3.05) is 0 Å². The molecule has 0 aliphatic carbocycles. The normalized spacial score (nSPS) is 8.08. The fourth-order valence-electron chi connectivity index (χ4n) is 0.328. The summed E-state index contributed by atoms with van der Waals surface area (Å²) < 4.78 is 0. The van der Waals surface area contributed by atoms with Gasteiger partial charge in [-0.1, -0.05) is 13.3 Å². The van der Waals surface area contributed by atoms with E-state index in [4.69, 9.17) is 24.9 Å². The van der Waals surface area contributed by atoms with Crippen molar-refractivity contribution in [2.45, 2.75) is 26.2 Å². The first-order chi connectivity index (χ1) is 5.91. The highest BCUT2D eigenvalue weighted by Gasteiger charge is 2.04. The molecule has 0 aromatic heterocycles. The summed E-state index contributed by atoms with van der Waals surface area (Å²) in [5.41, 5.74) is 0. The molecule has 0 saturated carbocycles. The third-order valence-corrected chi connectivity index (χ3v) is 0.927. The number of carbonyl (C=O) groups is 3. The maximum Gasteiger partial charge on any atom is 0.414 e. The highest BCUT2D eigenvalue weighted by Crippen LogP contribution is 1.91. The van der Waals surface area contributed by atoms with Crippen LogP contribution < -0.4 is 0 Å². The van der Waals surface area contributed by atoms with Crippen LogP contribution in [0.25, 0.3) is 0 Å². The number of unbranched alkanes of at least 4 members (excludes halogenated alkanes) is 1. The zero-order valence-corrected chi connectivity index (χ0v) is 7.19. The van der Waals surface area contributed by atoms with Gasteiger partial charge in [0.1, 0.15) is 0 Å². The molecule has 0 amide bonds. The lowest BCUT2D eigenvalue weighted by Crippen LogP contribution is -2.09. The molecule has 0 saturated heterocycles. The zero-order valence-electron chi connectivity index (χ0n) is 7.19. The van der Waals surface area contributed by atoms with Gasteiger partial charge in [0.2, 0.25) is 0 Å². The Labute approximate surface area is 74.8 Å². The Balaban J connectivity index is 0. The van der Waals surface area contributed by atoms with Gasteiger partial charge in [-0.25, -0.2) is 9.59 Å². The van der Waals surface area contributed by atoms with E-state index in [1.807, 2.05) is 6.92 Å². The zero-order chi connectivity index (χ0) is 10.9. The molecule has 0 aromatic carbocycles. The second-order valence-electron chi connectivity index (χ2n) is 2.11. The molecule has 6 heteroatoms. The third kappa shape index (κ3) is 17.9. The van der Waals surface area contributed by atoms with Crippen molar-refractivity contribution >= 4 is 17.9 Å². The van der Waals surface area contributed by atoms with Crippen LogP contribution in [0.15, 0.2) is 0 Å². The molecule has 0 aliphatic rings. The highest BCUT2D eigenvalue weighted by atomic mass is 16.4. The first-order valence-corrected chi connectivity index (χ1v) is 3.59. The monoisotopic (exact) mass is 192 g/mol. The molecule has 6 nitrogen and oxygen atoms in total. The lowest BCUT2D eigenvalue weighted by atomic mass is 10.3. The molecule has 0 rings (SSSR count). The second-order valence-corrected chi connectivity index (χ2v) is 2.11. The number of aliphatic carboxylic acids is 3. The summed E-state index contributed by atoms with van der Waals surface area (Å²) in [5.74, 6) is -4.34. The Hall–Kier alpha value is -1.59. The summed E-state index contributed by atoms with van der Waals surface area (Å²) in [6.45, 7) is 1.98. The van der Waals surface area contributed by atoms with E-state index in [0.29, 0.717) is 6.42 Å². The Morgan fingerprint density at radius 1 is 1.00 bits per heavy atom. The standard InChI is InChI=1S/C5H10O2.C2H2O4/c1-2-3-4-5(6)7;3-1(4)2(5)6/h2-4H2,1H3,(H,6,7);(H,3,4)(H,5,6). The first-order valence-electron chi connectivity index (χ1n) is 3.59. The molecule has 0 heterocycles. The number of rotatable bonds is 3. The van der Waals surface area contributed by atoms with Gasteiger partial charge in [-0.05, 0) is 6.42 Å². The molecule has 0 radical (unpaired) electrons. The van der Waals surface area contributed by atoms with Crippen molar-refractivity contribution in [3.8, 4) is 0 Å². The summed E-state index contributed by atoms with van der Waals surface area (Å²) in [5, 5.41) is 22.8. The largest absolute Gasteiger partial charge is 0.481 e. The van der Waals surface area contributed by atoms with Crippen LogP contribution in [0.3, 0.4) is 0 Å². The van der Waals surface area contributed by atoms with Crippen molar-refractivity contribution in [3.05, 3.63) is 0 Å². The van der Waals surface area contributed by atoms with E-state index in [2.05, 4.69) is 0 Å². The van der Waals surface area contributed by atoms with E-state index in [1.54, 1.807) is 0 Å². The van der Waals surface area contributed by atoms with E-state index in [1.165, 1.54) is 0 Å². The van der Waals surface area contributed by atoms with Gasteiger partial charge in [0.25, 0.3) is 0 Å². The van der Waals surface area contributed by atoms with Gasteiger partial charge in [0.05, 0.1) is 0 Å². The molecule has 0 fully saturated rings. The predicted octanol–water partition coefficient (Wildman–Crippen LogP) is 0.417. The Bertz CT molecular complexity index is 173. The molecule has 0 spiro atoms. The molecule has 0 bridgehead atoms. The van der Waals surface area contributed by atoms with Gasteiger partial charge in [-0.3, -0.25) is 4.79 Å². The van der Waals surface area contributed by atoms with Crippen molar-refractivity contribution in [1.29, 1.82) is 0 Å². The minimum absolute atomic E-state index is 0.316. The van der Waals surface area contributed by atoms with Crippen LogP contribution >= 0.6 is 0 Å². The van der Waals surface area contributed by atoms with Gasteiger partial charge in [-0.15, -0.1) is 0 Å². The van der Waals surface area contributed by atoms with E-state index in [9.17, 15) is 4.79 Å². The fourth-order valence-corrected chi connectivity index (χ4v) is 0.328. The summed E-state index contributed by atoms with van der Waals surface area (Å²) >= 11 is 0. The van der Waals surface area contributed by atoms with Crippen LogP contribution in [0.1, 0.15) is 26.2 Å². The predicted molar refractivity (Wildman–Crippen MR) is 42.4 cm³/mol. The van der Waals surface area contributed by atoms with Crippen LogP contribution in [0.4, 0.5) is 0 Å². The summed E-state index contributed by atoms with van der Waals surface area (Å²) in [6, 6.07) is 0. The quantitative estimate of drug-likeness (QED) is 0.558. The van der Waals surface area contributed by atoms with Gasteiger partial charge in [0.15, 0.2) is 0 Å². The molecule has 0 aliphatic heterocycles. The number of carboxylic acids is 3. The van der Waals surface area contributed by atoms with Crippen LogP contribution in [-0.2, 0) is 14.4 Å². The number of hydrogen-bond acceptors (Lipinski definition) is 3.